The first-order valence-electron chi connectivity index (χ1n) is 7.78. The van der Waals surface area contributed by atoms with Crippen LogP contribution in [0.5, 0.6) is 5.75 Å². The Hall–Kier alpha value is -1.55. The van der Waals surface area contributed by atoms with Gasteiger partial charge in [0.2, 0.25) is 5.91 Å². The molecule has 0 bridgehead atoms. The second-order valence-corrected chi connectivity index (χ2v) is 6.07. The minimum absolute atomic E-state index is 0.186. The molecule has 2 unspecified atom stereocenters. The molecule has 4 heteroatoms. The Labute approximate surface area is 127 Å². The minimum Gasteiger partial charge on any atom is -0.493 e. The number of hydrogen-bond acceptors (Lipinski definition) is 3. The molecule has 1 aromatic rings. The Balaban J connectivity index is 1.81. The first kappa shape index (κ1) is 15.8. The molecule has 0 radical (unpaired) electrons. The van der Waals surface area contributed by atoms with Gasteiger partial charge in [-0.3, -0.25) is 4.79 Å². The summed E-state index contributed by atoms with van der Waals surface area (Å²) in [5.41, 5.74) is 0. The molecule has 1 heterocycles. The van der Waals surface area contributed by atoms with E-state index in [1.807, 2.05) is 35.2 Å². The summed E-state index contributed by atoms with van der Waals surface area (Å²) in [6.45, 7) is 8.58. The van der Waals surface area contributed by atoms with Crippen molar-refractivity contribution in [2.75, 3.05) is 19.7 Å². The zero-order valence-electron chi connectivity index (χ0n) is 13.2. The maximum Gasteiger partial charge on any atom is 0.226 e. The number of para-hydroxylation sites is 1. The first-order chi connectivity index (χ1) is 10.1. The van der Waals surface area contributed by atoms with Crippen LogP contribution in [-0.4, -0.2) is 42.6 Å². The van der Waals surface area contributed by atoms with E-state index >= 15 is 0 Å². The molecule has 1 aromatic carbocycles. The highest BCUT2D eigenvalue weighted by Gasteiger charge is 2.29. The second-order valence-electron chi connectivity index (χ2n) is 6.07. The summed E-state index contributed by atoms with van der Waals surface area (Å²) in [5.74, 6) is 1.54. The summed E-state index contributed by atoms with van der Waals surface area (Å²) in [7, 11) is 0. The highest BCUT2D eigenvalue weighted by Crippen LogP contribution is 2.14. The van der Waals surface area contributed by atoms with Crippen LogP contribution in [0.2, 0.25) is 0 Å². The zero-order chi connectivity index (χ0) is 15.2. The number of ether oxygens (including phenoxy) is 1. The summed E-state index contributed by atoms with van der Waals surface area (Å²) >= 11 is 0. The number of nitrogens with zero attached hydrogens (tertiary/aromatic N) is 1. The normalized spacial score (nSPS) is 22.4. The fraction of sp³-hybridized carbons (Fsp3) is 0.588. The van der Waals surface area contributed by atoms with Gasteiger partial charge in [-0.05, 0) is 25.0 Å². The van der Waals surface area contributed by atoms with Gasteiger partial charge in [0.25, 0.3) is 0 Å². The Kier molecular flexibility index (Phi) is 5.62. The van der Waals surface area contributed by atoms with Gasteiger partial charge in [0.15, 0.2) is 0 Å². The van der Waals surface area contributed by atoms with Crippen molar-refractivity contribution in [3.8, 4) is 5.75 Å². The molecule has 116 valence electrons. The van der Waals surface area contributed by atoms with Gasteiger partial charge in [0.05, 0.1) is 13.0 Å². The monoisotopic (exact) mass is 290 g/mol. The largest absolute Gasteiger partial charge is 0.493 e. The second kappa shape index (κ2) is 7.46. The number of amides is 1. The molecule has 0 spiro atoms. The topological polar surface area (TPSA) is 41.6 Å². The Morgan fingerprint density at radius 2 is 2.10 bits per heavy atom. The van der Waals surface area contributed by atoms with E-state index in [4.69, 9.17) is 4.74 Å². The van der Waals surface area contributed by atoms with E-state index in [1.54, 1.807) is 0 Å². The summed E-state index contributed by atoms with van der Waals surface area (Å²) in [4.78, 5) is 14.4. The molecule has 2 atom stereocenters. The molecule has 0 aliphatic carbocycles. The van der Waals surface area contributed by atoms with Crippen LogP contribution in [0.15, 0.2) is 30.3 Å². The third-order valence-corrected chi connectivity index (χ3v) is 4.05. The van der Waals surface area contributed by atoms with E-state index in [0.717, 1.165) is 18.8 Å². The molecule has 1 amide bonds. The van der Waals surface area contributed by atoms with Gasteiger partial charge in [0.1, 0.15) is 5.75 Å². The average molecular weight is 290 g/mol. The first-order valence-corrected chi connectivity index (χ1v) is 7.78. The number of benzene rings is 1. The molecule has 1 aliphatic heterocycles. The van der Waals surface area contributed by atoms with Gasteiger partial charge in [-0.25, -0.2) is 0 Å². The SMILES string of the molecule is CC(C)C1CN(C(=O)CCOc2ccccc2)C(C)CN1. The molecule has 21 heavy (non-hydrogen) atoms. The average Bonchev–Trinajstić information content (AvgIpc) is 2.48. The minimum atomic E-state index is 0.186. The third kappa shape index (κ3) is 4.46. The van der Waals surface area contributed by atoms with Crippen LogP contribution in [0, 0.1) is 5.92 Å². The standard InChI is InChI=1S/C17H26N2O2/c1-13(2)16-12-19(14(3)11-18-16)17(20)9-10-21-15-7-5-4-6-8-15/h4-8,13-14,16,18H,9-12H2,1-3H3. The van der Waals surface area contributed by atoms with Crippen molar-refractivity contribution in [3.05, 3.63) is 30.3 Å². The van der Waals surface area contributed by atoms with Crippen molar-refractivity contribution in [1.29, 1.82) is 0 Å². The maximum absolute atomic E-state index is 12.4. The van der Waals surface area contributed by atoms with Crippen LogP contribution in [0.3, 0.4) is 0 Å². The zero-order valence-corrected chi connectivity index (χ0v) is 13.2. The van der Waals surface area contributed by atoms with E-state index in [0.29, 0.717) is 25.0 Å². The Morgan fingerprint density at radius 1 is 1.38 bits per heavy atom. The Bertz CT molecular complexity index is 447. The number of rotatable bonds is 5. The molecule has 2 rings (SSSR count). The van der Waals surface area contributed by atoms with Crippen molar-refractivity contribution in [1.82, 2.24) is 10.2 Å². The van der Waals surface area contributed by atoms with E-state index in [1.165, 1.54) is 0 Å². The van der Waals surface area contributed by atoms with Crippen molar-refractivity contribution in [2.45, 2.75) is 39.3 Å². The lowest BCUT2D eigenvalue weighted by Gasteiger charge is -2.40. The summed E-state index contributed by atoms with van der Waals surface area (Å²) in [6.07, 6.45) is 0.435. The van der Waals surface area contributed by atoms with Crippen LogP contribution in [0.4, 0.5) is 0 Å². The van der Waals surface area contributed by atoms with Gasteiger partial charge >= 0.3 is 0 Å². The van der Waals surface area contributed by atoms with Crippen LogP contribution in [-0.2, 0) is 4.79 Å². The van der Waals surface area contributed by atoms with E-state index in [2.05, 4.69) is 26.1 Å². The van der Waals surface area contributed by atoms with Gasteiger partial charge in [-0.2, -0.15) is 0 Å². The molecule has 1 saturated heterocycles. The molecule has 0 aromatic heterocycles. The fourth-order valence-electron chi connectivity index (χ4n) is 2.60. The molecule has 1 aliphatic rings. The van der Waals surface area contributed by atoms with Crippen LogP contribution < -0.4 is 10.1 Å². The van der Waals surface area contributed by atoms with Crippen LogP contribution in [0.25, 0.3) is 0 Å². The maximum atomic E-state index is 12.4. The quantitative estimate of drug-likeness (QED) is 0.904. The molecule has 1 N–H and O–H groups in total. The predicted octanol–water partition coefficient (Wildman–Crippen LogP) is 2.30. The summed E-state index contributed by atoms with van der Waals surface area (Å²) < 4.78 is 5.61. The highest BCUT2D eigenvalue weighted by atomic mass is 16.5. The fourth-order valence-corrected chi connectivity index (χ4v) is 2.60. The number of piperazine rings is 1. The lowest BCUT2D eigenvalue weighted by Crippen LogP contribution is -2.58. The molecule has 0 saturated carbocycles. The molecular formula is C17H26N2O2. The van der Waals surface area contributed by atoms with Crippen molar-refractivity contribution < 1.29 is 9.53 Å². The van der Waals surface area contributed by atoms with Crippen molar-refractivity contribution in [3.63, 3.8) is 0 Å². The van der Waals surface area contributed by atoms with Gasteiger partial charge in [0, 0.05) is 25.2 Å². The predicted molar refractivity (Wildman–Crippen MR) is 84.4 cm³/mol. The number of carbonyl (C=O) groups is 1. The van der Waals surface area contributed by atoms with Gasteiger partial charge in [-0.15, -0.1) is 0 Å². The number of carbonyl (C=O) groups excluding carboxylic acids is 1. The lowest BCUT2D eigenvalue weighted by atomic mass is 9.99. The van der Waals surface area contributed by atoms with E-state index in [9.17, 15) is 4.79 Å². The van der Waals surface area contributed by atoms with Crippen molar-refractivity contribution in [2.24, 2.45) is 5.92 Å². The third-order valence-electron chi connectivity index (χ3n) is 4.05. The van der Waals surface area contributed by atoms with E-state index < -0.39 is 0 Å². The molecule has 1 fully saturated rings. The van der Waals surface area contributed by atoms with Crippen molar-refractivity contribution >= 4 is 5.91 Å². The van der Waals surface area contributed by atoms with Gasteiger partial charge in [-0.1, -0.05) is 32.0 Å². The molecular weight excluding hydrogens is 264 g/mol. The molecule has 4 nitrogen and oxygen atoms in total. The Morgan fingerprint density at radius 3 is 2.76 bits per heavy atom. The number of hydrogen-bond donors (Lipinski definition) is 1. The van der Waals surface area contributed by atoms with E-state index in [-0.39, 0.29) is 11.9 Å². The lowest BCUT2D eigenvalue weighted by molar-refractivity contribution is -0.135. The summed E-state index contributed by atoms with van der Waals surface area (Å²) in [6, 6.07) is 10.3. The summed E-state index contributed by atoms with van der Waals surface area (Å²) in [5, 5.41) is 3.51. The highest BCUT2D eigenvalue weighted by molar-refractivity contribution is 5.76. The van der Waals surface area contributed by atoms with Gasteiger partial charge < -0.3 is 15.0 Å². The smallest absolute Gasteiger partial charge is 0.226 e. The van der Waals surface area contributed by atoms with Crippen LogP contribution >= 0.6 is 0 Å². The number of nitrogens with one attached hydrogen (secondary N) is 1. The van der Waals surface area contributed by atoms with Crippen LogP contribution in [0.1, 0.15) is 27.2 Å².